The van der Waals surface area contributed by atoms with Crippen molar-refractivity contribution in [2.45, 2.75) is 45.3 Å². The number of pyridine rings is 1. The number of fused-ring (bicyclic) bond motifs is 1. The van der Waals surface area contributed by atoms with E-state index in [1.54, 1.807) is 25.1 Å². The van der Waals surface area contributed by atoms with Crippen LogP contribution in [0.1, 0.15) is 61.8 Å². The number of hydrogen-bond acceptors (Lipinski definition) is 4. The van der Waals surface area contributed by atoms with Crippen molar-refractivity contribution in [3.63, 3.8) is 0 Å². The number of carbonyl (C=O) groups is 2. The number of rotatable bonds is 5. The van der Waals surface area contributed by atoms with Crippen molar-refractivity contribution in [1.82, 2.24) is 14.8 Å². The largest absolute Gasteiger partial charge is 0.435 e. The zero-order chi connectivity index (χ0) is 23.8. The number of halogens is 3. The second-order valence-corrected chi connectivity index (χ2v) is 8.04. The number of aryl methyl sites for hydroxylation is 1. The highest BCUT2D eigenvalue weighted by atomic mass is 19.4. The molecule has 4 rings (SSSR count). The van der Waals surface area contributed by atoms with Crippen LogP contribution in [-0.2, 0) is 25.6 Å². The van der Waals surface area contributed by atoms with Crippen LogP contribution in [0, 0.1) is 6.92 Å². The van der Waals surface area contributed by atoms with E-state index in [1.807, 2.05) is 0 Å². The number of nitrogens with two attached hydrogens (primary N) is 1. The van der Waals surface area contributed by atoms with Crippen LogP contribution in [-0.4, -0.2) is 26.6 Å². The molecule has 0 saturated heterocycles. The van der Waals surface area contributed by atoms with Gasteiger partial charge in [0, 0.05) is 23.0 Å². The van der Waals surface area contributed by atoms with Gasteiger partial charge in [-0.2, -0.15) is 18.3 Å². The average molecular weight is 457 g/mol. The summed E-state index contributed by atoms with van der Waals surface area (Å²) in [4.78, 5) is 28.7. The maximum absolute atomic E-state index is 13.4. The van der Waals surface area contributed by atoms with Crippen molar-refractivity contribution < 1.29 is 22.8 Å². The SMILES string of the molecule is Cc1ccc(NC(=O)c2ccnc(Cn3nc(C(F)(F)F)c4c3CCCC4)c2)c(C(N)=O)c1. The number of primary amides is 1. The molecule has 7 nitrogen and oxygen atoms in total. The van der Waals surface area contributed by atoms with Crippen LogP contribution in [0.2, 0.25) is 0 Å². The molecule has 0 aliphatic heterocycles. The van der Waals surface area contributed by atoms with E-state index in [9.17, 15) is 22.8 Å². The van der Waals surface area contributed by atoms with Crippen LogP contribution in [0.5, 0.6) is 0 Å². The number of alkyl halides is 3. The highest BCUT2D eigenvalue weighted by molar-refractivity contribution is 6.08. The first-order valence-corrected chi connectivity index (χ1v) is 10.5. The van der Waals surface area contributed by atoms with E-state index in [2.05, 4.69) is 15.4 Å². The van der Waals surface area contributed by atoms with Gasteiger partial charge in [-0.15, -0.1) is 0 Å². The summed E-state index contributed by atoms with van der Waals surface area (Å²) in [5.74, 6) is -1.17. The summed E-state index contributed by atoms with van der Waals surface area (Å²) in [6.07, 6.45) is -0.754. The molecular formula is C23H22F3N5O2. The minimum atomic E-state index is -4.52. The van der Waals surface area contributed by atoms with E-state index >= 15 is 0 Å². The van der Waals surface area contributed by atoms with Crippen molar-refractivity contribution in [2.24, 2.45) is 5.73 Å². The van der Waals surface area contributed by atoms with E-state index in [-0.39, 0.29) is 28.9 Å². The van der Waals surface area contributed by atoms with Crippen LogP contribution in [0.25, 0.3) is 0 Å². The third kappa shape index (κ3) is 4.74. The van der Waals surface area contributed by atoms with Gasteiger partial charge in [0.25, 0.3) is 11.8 Å². The number of nitrogens with one attached hydrogen (secondary N) is 1. The van der Waals surface area contributed by atoms with Crippen LogP contribution in [0.3, 0.4) is 0 Å². The molecule has 1 aromatic carbocycles. The summed E-state index contributed by atoms with van der Waals surface area (Å²) >= 11 is 0. The molecule has 1 aliphatic carbocycles. The van der Waals surface area contributed by atoms with E-state index in [0.717, 1.165) is 12.0 Å². The second-order valence-electron chi connectivity index (χ2n) is 8.04. The Morgan fingerprint density at radius 2 is 1.91 bits per heavy atom. The van der Waals surface area contributed by atoms with Gasteiger partial charge >= 0.3 is 6.18 Å². The Hall–Kier alpha value is -3.69. The van der Waals surface area contributed by atoms with Gasteiger partial charge in [0.15, 0.2) is 5.69 Å². The van der Waals surface area contributed by atoms with Gasteiger partial charge in [0.05, 0.1) is 23.5 Å². The maximum Gasteiger partial charge on any atom is 0.435 e. The fraction of sp³-hybridized carbons (Fsp3) is 0.304. The van der Waals surface area contributed by atoms with E-state index < -0.39 is 23.7 Å². The van der Waals surface area contributed by atoms with Gasteiger partial charge in [0.2, 0.25) is 0 Å². The minimum Gasteiger partial charge on any atom is -0.366 e. The zero-order valence-corrected chi connectivity index (χ0v) is 17.9. The molecule has 172 valence electrons. The summed E-state index contributed by atoms with van der Waals surface area (Å²) in [6.45, 7) is 1.81. The lowest BCUT2D eigenvalue weighted by Crippen LogP contribution is -2.19. The molecule has 1 aliphatic rings. The monoisotopic (exact) mass is 457 g/mol. The quantitative estimate of drug-likeness (QED) is 0.607. The first kappa shape index (κ1) is 22.5. The highest BCUT2D eigenvalue weighted by Crippen LogP contribution is 2.36. The molecule has 0 bridgehead atoms. The number of carbonyl (C=O) groups excluding carboxylic acids is 2. The van der Waals surface area contributed by atoms with Gasteiger partial charge in [-0.1, -0.05) is 11.6 Å². The molecule has 3 aromatic rings. The average Bonchev–Trinajstić information content (AvgIpc) is 3.14. The molecule has 2 amide bonds. The molecule has 0 spiro atoms. The number of amides is 2. The summed E-state index contributed by atoms with van der Waals surface area (Å²) in [7, 11) is 0. The number of aromatic nitrogens is 3. The number of nitrogens with zero attached hydrogens (tertiary/aromatic N) is 3. The fourth-order valence-electron chi connectivity index (χ4n) is 4.05. The summed E-state index contributed by atoms with van der Waals surface area (Å²) < 4.78 is 41.7. The molecule has 33 heavy (non-hydrogen) atoms. The molecule has 0 radical (unpaired) electrons. The van der Waals surface area contributed by atoms with Crippen LogP contribution >= 0.6 is 0 Å². The van der Waals surface area contributed by atoms with Crippen LogP contribution in [0.15, 0.2) is 36.5 Å². The zero-order valence-electron chi connectivity index (χ0n) is 17.9. The van der Waals surface area contributed by atoms with Gasteiger partial charge in [-0.3, -0.25) is 19.3 Å². The Labute approximate surface area is 187 Å². The van der Waals surface area contributed by atoms with E-state index in [1.165, 1.54) is 23.0 Å². The molecule has 2 heterocycles. The molecule has 0 fully saturated rings. The van der Waals surface area contributed by atoms with Crippen LogP contribution < -0.4 is 11.1 Å². The Kier molecular flexibility index (Phi) is 5.92. The van der Waals surface area contributed by atoms with Crippen molar-refractivity contribution in [3.05, 3.63) is 75.9 Å². The number of anilines is 1. The first-order valence-electron chi connectivity index (χ1n) is 10.5. The van der Waals surface area contributed by atoms with Gasteiger partial charge < -0.3 is 11.1 Å². The third-order valence-electron chi connectivity index (χ3n) is 5.60. The van der Waals surface area contributed by atoms with Crippen molar-refractivity contribution in [2.75, 3.05) is 5.32 Å². The lowest BCUT2D eigenvalue weighted by molar-refractivity contribution is -0.142. The van der Waals surface area contributed by atoms with Crippen LogP contribution in [0.4, 0.5) is 18.9 Å². The Morgan fingerprint density at radius 3 is 2.64 bits per heavy atom. The number of hydrogen-bond donors (Lipinski definition) is 2. The summed E-state index contributed by atoms with van der Waals surface area (Å²) in [6, 6.07) is 7.88. The molecule has 0 unspecified atom stereocenters. The van der Waals surface area contributed by atoms with E-state index in [4.69, 9.17) is 5.73 Å². The van der Waals surface area contributed by atoms with Crippen molar-refractivity contribution in [3.8, 4) is 0 Å². The highest BCUT2D eigenvalue weighted by Gasteiger charge is 2.39. The Bertz CT molecular complexity index is 1230. The normalized spacial score (nSPS) is 13.5. The predicted octanol–water partition coefficient (Wildman–Crippen LogP) is 3.88. The maximum atomic E-state index is 13.4. The smallest absolute Gasteiger partial charge is 0.366 e. The topological polar surface area (TPSA) is 103 Å². The second kappa shape index (κ2) is 8.68. The summed E-state index contributed by atoms with van der Waals surface area (Å²) in [5, 5.41) is 6.50. The number of benzene rings is 1. The Morgan fingerprint density at radius 1 is 1.15 bits per heavy atom. The third-order valence-corrected chi connectivity index (χ3v) is 5.60. The van der Waals surface area contributed by atoms with Crippen molar-refractivity contribution >= 4 is 17.5 Å². The fourth-order valence-corrected chi connectivity index (χ4v) is 4.05. The minimum absolute atomic E-state index is 0.0105. The van der Waals surface area contributed by atoms with E-state index in [0.29, 0.717) is 30.7 Å². The summed E-state index contributed by atoms with van der Waals surface area (Å²) in [5.41, 5.74) is 7.28. The predicted molar refractivity (Wildman–Crippen MR) is 115 cm³/mol. The molecular weight excluding hydrogens is 435 g/mol. The lowest BCUT2D eigenvalue weighted by atomic mass is 9.95. The van der Waals surface area contributed by atoms with Crippen molar-refractivity contribution in [1.29, 1.82) is 0 Å². The molecule has 2 aromatic heterocycles. The first-order chi connectivity index (χ1) is 15.6. The van der Waals surface area contributed by atoms with Gasteiger partial charge in [0.1, 0.15) is 0 Å². The lowest BCUT2D eigenvalue weighted by Gasteiger charge is -2.15. The Balaban J connectivity index is 1.59. The van der Waals surface area contributed by atoms with Gasteiger partial charge in [-0.05, 0) is 56.9 Å². The van der Waals surface area contributed by atoms with Gasteiger partial charge in [-0.25, -0.2) is 0 Å². The molecule has 0 atom stereocenters. The molecule has 0 saturated carbocycles. The molecule has 10 heteroatoms. The standard InChI is InChI=1S/C23H22F3N5O2/c1-13-6-7-18(17(10-13)21(27)32)29-22(33)14-8-9-28-15(11-14)12-31-19-5-3-2-4-16(19)20(30-31)23(24,25)26/h6-11H,2-5,12H2,1H3,(H2,27,32)(H,29,33). The molecule has 3 N–H and O–H groups in total.